The maximum Gasteiger partial charge on any atom is 0.416 e. The molecule has 196 valence electrons. The lowest BCUT2D eigenvalue weighted by Gasteiger charge is -2.13. The molecule has 0 bridgehead atoms. The summed E-state index contributed by atoms with van der Waals surface area (Å²) < 4.78 is 82.8. The van der Waals surface area contributed by atoms with E-state index in [-0.39, 0.29) is 22.9 Å². The van der Waals surface area contributed by atoms with Gasteiger partial charge < -0.3 is 5.11 Å². The summed E-state index contributed by atoms with van der Waals surface area (Å²) in [7, 11) is 0. The van der Waals surface area contributed by atoms with Crippen molar-refractivity contribution in [2.24, 2.45) is 5.10 Å². The lowest BCUT2D eigenvalue weighted by molar-refractivity contribution is -0.143. The third-order valence-electron chi connectivity index (χ3n) is 5.22. The van der Waals surface area contributed by atoms with Gasteiger partial charge >= 0.3 is 18.3 Å². The molecule has 0 atom stereocenters. The van der Waals surface area contributed by atoms with E-state index in [4.69, 9.17) is 5.11 Å². The fraction of sp³-hybridized carbons (Fsp3) is 0.0800. The van der Waals surface area contributed by atoms with Gasteiger partial charge in [0.25, 0.3) is 0 Å². The number of carbonyl (C=O) groups is 1. The molecule has 0 aliphatic carbocycles. The average molecular weight is 597 g/mol. The van der Waals surface area contributed by atoms with Crippen molar-refractivity contribution in [3.8, 4) is 16.9 Å². The van der Waals surface area contributed by atoms with Gasteiger partial charge in [0.2, 0.25) is 0 Å². The Hall–Kier alpha value is -4.13. The van der Waals surface area contributed by atoms with Crippen LogP contribution in [0.4, 0.5) is 32.0 Å². The second-order valence-corrected chi connectivity index (χ2v) is 8.82. The van der Waals surface area contributed by atoms with Crippen molar-refractivity contribution in [1.82, 2.24) is 9.78 Å². The molecule has 0 aliphatic rings. The summed E-state index contributed by atoms with van der Waals surface area (Å²) in [5, 5.41) is 17.4. The Bertz CT molecular complexity index is 1460. The summed E-state index contributed by atoms with van der Waals surface area (Å²) in [5.74, 6) is -1.17. The number of carboxylic acid groups (broad SMARTS) is 1. The van der Waals surface area contributed by atoms with E-state index >= 15 is 0 Å². The highest BCUT2D eigenvalue weighted by Gasteiger charge is 2.37. The van der Waals surface area contributed by atoms with Crippen molar-refractivity contribution in [3.63, 3.8) is 0 Å². The molecule has 4 rings (SSSR count). The second-order valence-electron chi connectivity index (χ2n) is 7.90. The molecule has 0 aliphatic heterocycles. The zero-order valence-corrected chi connectivity index (χ0v) is 20.4. The zero-order chi connectivity index (χ0) is 27.7. The van der Waals surface area contributed by atoms with E-state index in [0.29, 0.717) is 23.5 Å². The van der Waals surface area contributed by atoms with Crippen LogP contribution in [-0.4, -0.2) is 27.1 Å². The van der Waals surface area contributed by atoms with Crippen LogP contribution in [0.15, 0.2) is 82.5 Å². The van der Waals surface area contributed by atoms with Gasteiger partial charge in [-0.3, -0.25) is 5.43 Å². The van der Waals surface area contributed by atoms with Crippen molar-refractivity contribution < 1.29 is 36.2 Å². The lowest BCUT2D eigenvalue weighted by Crippen LogP contribution is -2.11. The Morgan fingerprint density at radius 3 is 2.03 bits per heavy atom. The van der Waals surface area contributed by atoms with Gasteiger partial charge in [0, 0.05) is 21.8 Å². The minimum atomic E-state index is -5.04. The Balaban J connectivity index is 1.82. The van der Waals surface area contributed by atoms with Gasteiger partial charge in [-0.15, -0.1) is 0 Å². The third-order valence-corrected chi connectivity index (χ3v) is 5.75. The maximum absolute atomic E-state index is 13.5. The molecule has 3 aromatic carbocycles. The molecule has 38 heavy (non-hydrogen) atoms. The molecule has 0 radical (unpaired) electrons. The monoisotopic (exact) mass is 596 g/mol. The van der Waals surface area contributed by atoms with Crippen molar-refractivity contribution in [2.75, 3.05) is 5.43 Å². The minimum absolute atomic E-state index is 0.0192. The molecule has 1 heterocycles. The van der Waals surface area contributed by atoms with Crippen LogP contribution in [0.1, 0.15) is 27.0 Å². The topological polar surface area (TPSA) is 79.5 Å². The highest BCUT2D eigenvalue weighted by atomic mass is 79.9. The average Bonchev–Trinajstić information content (AvgIpc) is 3.28. The summed E-state index contributed by atoms with van der Waals surface area (Å²) in [4.78, 5) is 11.1. The van der Waals surface area contributed by atoms with E-state index in [0.717, 1.165) is 4.47 Å². The molecule has 0 amide bonds. The predicted octanol–water partition coefficient (Wildman–Crippen LogP) is 7.48. The number of anilines is 1. The van der Waals surface area contributed by atoms with Gasteiger partial charge in [0.05, 0.1) is 34.3 Å². The molecule has 6 nitrogen and oxygen atoms in total. The molecule has 0 saturated carbocycles. The largest absolute Gasteiger partial charge is 0.478 e. The Labute approximate surface area is 219 Å². The number of aromatic carboxylic acids is 1. The molecule has 0 spiro atoms. The van der Waals surface area contributed by atoms with Crippen LogP contribution >= 0.6 is 15.9 Å². The Kier molecular flexibility index (Phi) is 7.31. The summed E-state index contributed by atoms with van der Waals surface area (Å²) >= 11 is 3.29. The standard InChI is InChI=1S/C25H15BrF6N4O2/c26-19-3-5-20(6-4-19)34-33-12-16-13-36(21-7-1-14(2-8-21)23(37)38)35-22(16)15-9-17(24(27,28)29)11-18(10-15)25(30,31)32/h1-13,34H,(H,37,38)/b33-12+. The van der Waals surface area contributed by atoms with Crippen molar-refractivity contribution in [3.05, 3.63) is 99.7 Å². The van der Waals surface area contributed by atoms with Crippen LogP contribution in [-0.2, 0) is 12.4 Å². The SMILES string of the molecule is O=C(O)c1ccc(-n2cc(/C=N/Nc3ccc(Br)cc3)c(-c3cc(C(F)(F)F)cc(C(F)(F)F)c3)n2)cc1. The van der Waals surface area contributed by atoms with Crippen molar-refractivity contribution in [2.45, 2.75) is 12.4 Å². The number of nitrogens with one attached hydrogen (secondary N) is 1. The van der Waals surface area contributed by atoms with Gasteiger partial charge in [-0.2, -0.15) is 36.5 Å². The fourth-order valence-corrected chi connectivity index (χ4v) is 3.65. The maximum atomic E-state index is 13.5. The Morgan fingerprint density at radius 2 is 1.50 bits per heavy atom. The third kappa shape index (κ3) is 6.22. The first kappa shape index (κ1) is 26.9. The van der Waals surface area contributed by atoms with Crippen LogP contribution in [0.2, 0.25) is 0 Å². The van der Waals surface area contributed by atoms with Gasteiger partial charge in [-0.1, -0.05) is 15.9 Å². The van der Waals surface area contributed by atoms with E-state index < -0.39 is 35.0 Å². The summed E-state index contributed by atoms with van der Waals surface area (Å²) in [6.45, 7) is 0. The highest BCUT2D eigenvalue weighted by Crippen LogP contribution is 2.39. The normalized spacial score (nSPS) is 12.2. The molecule has 4 aromatic rings. The first-order valence-electron chi connectivity index (χ1n) is 10.6. The van der Waals surface area contributed by atoms with Crippen LogP contribution in [0.25, 0.3) is 16.9 Å². The number of alkyl halides is 6. The number of halogens is 7. The summed E-state index contributed by atoms with van der Waals surface area (Å²) in [6.07, 6.45) is -7.52. The summed E-state index contributed by atoms with van der Waals surface area (Å²) in [5.41, 5.74) is 0.0868. The van der Waals surface area contributed by atoms with Crippen LogP contribution < -0.4 is 5.43 Å². The lowest BCUT2D eigenvalue weighted by atomic mass is 10.0. The van der Waals surface area contributed by atoms with E-state index in [1.807, 2.05) is 0 Å². The predicted molar refractivity (Wildman–Crippen MR) is 131 cm³/mol. The van der Waals surface area contributed by atoms with Gasteiger partial charge in [0.1, 0.15) is 5.69 Å². The number of rotatable bonds is 6. The van der Waals surface area contributed by atoms with Gasteiger partial charge in [0.15, 0.2) is 0 Å². The molecule has 0 unspecified atom stereocenters. The van der Waals surface area contributed by atoms with E-state index in [2.05, 4.69) is 31.6 Å². The molecule has 0 fully saturated rings. The first-order valence-corrected chi connectivity index (χ1v) is 11.4. The minimum Gasteiger partial charge on any atom is -0.478 e. The van der Waals surface area contributed by atoms with Gasteiger partial charge in [-0.25, -0.2) is 9.48 Å². The van der Waals surface area contributed by atoms with E-state index in [1.54, 1.807) is 24.3 Å². The quantitative estimate of drug-likeness (QED) is 0.137. The first-order chi connectivity index (χ1) is 17.8. The molecule has 2 N–H and O–H groups in total. The summed E-state index contributed by atoms with van der Waals surface area (Å²) in [6, 6.07) is 13.4. The number of nitrogens with zero attached hydrogens (tertiary/aromatic N) is 3. The molecular formula is C25H15BrF6N4O2. The molecule has 0 saturated heterocycles. The molecule has 13 heteroatoms. The zero-order valence-electron chi connectivity index (χ0n) is 18.8. The van der Waals surface area contributed by atoms with Crippen LogP contribution in [0, 0.1) is 0 Å². The number of carboxylic acids is 1. The van der Waals surface area contributed by atoms with E-state index in [9.17, 15) is 31.1 Å². The Morgan fingerprint density at radius 1 is 0.921 bits per heavy atom. The van der Waals surface area contributed by atoms with Gasteiger partial charge in [-0.05, 0) is 66.7 Å². The highest BCUT2D eigenvalue weighted by molar-refractivity contribution is 9.10. The molecule has 1 aromatic heterocycles. The van der Waals surface area contributed by atoms with Crippen LogP contribution in [0.5, 0.6) is 0 Å². The number of hydrazone groups is 1. The molecular weight excluding hydrogens is 582 g/mol. The van der Waals surface area contributed by atoms with E-state index in [1.165, 1.54) is 41.4 Å². The fourth-order valence-electron chi connectivity index (χ4n) is 3.39. The number of benzene rings is 3. The number of hydrogen-bond acceptors (Lipinski definition) is 4. The number of aromatic nitrogens is 2. The smallest absolute Gasteiger partial charge is 0.416 e. The second kappa shape index (κ2) is 10.3. The van der Waals surface area contributed by atoms with Crippen LogP contribution in [0.3, 0.4) is 0 Å². The number of hydrogen-bond donors (Lipinski definition) is 2. The van der Waals surface area contributed by atoms with Crippen molar-refractivity contribution in [1.29, 1.82) is 0 Å². The van der Waals surface area contributed by atoms with Crippen molar-refractivity contribution >= 4 is 33.8 Å².